The van der Waals surface area contributed by atoms with E-state index in [1.165, 1.54) is 4.88 Å². The van der Waals surface area contributed by atoms with E-state index < -0.39 is 0 Å². The quantitative estimate of drug-likeness (QED) is 0.856. The highest BCUT2D eigenvalue weighted by Gasteiger charge is 2.09. The van der Waals surface area contributed by atoms with E-state index in [2.05, 4.69) is 28.7 Å². The molecule has 0 aliphatic heterocycles. The third-order valence-electron chi connectivity index (χ3n) is 2.53. The number of aromatic nitrogens is 1. The van der Waals surface area contributed by atoms with Gasteiger partial charge in [-0.15, -0.1) is 11.3 Å². The highest BCUT2D eigenvalue weighted by Crippen LogP contribution is 2.26. The number of nitrogens with two attached hydrogens (primary N) is 1. The molecule has 3 nitrogen and oxygen atoms in total. The zero-order valence-electron chi connectivity index (χ0n) is 9.40. The summed E-state index contributed by atoms with van der Waals surface area (Å²) in [4.78, 5) is 5.54. The molecule has 0 aliphatic rings. The van der Waals surface area contributed by atoms with E-state index >= 15 is 0 Å². The number of rotatable bonds is 3. The summed E-state index contributed by atoms with van der Waals surface area (Å²) in [5.74, 6) is 0.765. The molecule has 0 spiro atoms. The van der Waals surface area contributed by atoms with E-state index in [4.69, 9.17) is 5.73 Å². The Morgan fingerprint density at radius 2 is 2.25 bits per heavy atom. The van der Waals surface area contributed by atoms with Gasteiger partial charge in [0.1, 0.15) is 5.82 Å². The fourth-order valence-electron chi connectivity index (χ4n) is 1.50. The third kappa shape index (κ3) is 2.17. The van der Waals surface area contributed by atoms with Gasteiger partial charge in [0, 0.05) is 11.1 Å². The minimum atomic E-state index is 0.233. The Bertz CT molecular complexity index is 465. The molecule has 0 aromatic carbocycles. The summed E-state index contributed by atoms with van der Waals surface area (Å²) in [6, 6.07) is 6.30. The van der Waals surface area contributed by atoms with Crippen molar-refractivity contribution in [1.29, 1.82) is 0 Å². The van der Waals surface area contributed by atoms with Crippen molar-refractivity contribution >= 4 is 22.8 Å². The van der Waals surface area contributed by atoms with Crippen molar-refractivity contribution in [2.75, 3.05) is 11.1 Å². The zero-order valence-corrected chi connectivity index (χ0v) is 10.2. The fourth-order valence-corrected chi connectivity index (χ4v) is 2.23. The van der Waals surface area contributed by atoms with Gasteiger partial charge in [-0.1, -0.05) is 6.07 Å². The number of pyridine rings is 1. The Kier molecular flexibility index (Phi) is 3.10. The summed E-state index contributed by atoms with van der Waals surface area (Å²) < 4.78 is 0. The number of hydrogen-bond acceptors (Lipinski definition) is 4. The van der Waals surface area contributed by atoms with Crippen molar-refractivity contribution in [3.8, 4) is 0 Å². The molecule has 0 fully saturated rings. The van der Waals surface area contributed by atoms with Crippen LogP contribution in [0.4, 0.5) is 11.5 Å². The lowest BCUT2D eigenvalue weighted by molar-refractivity contribution is 0.897. The number of nitrogens with zero attached hydrogens (tertiary/aromatic N) is 1. The molecule has 0 saturated carbocycles. The second-order valence-corrected chi connectivity index (χ2v) is 4.75. The van der Waals surface area contributed by atoms with E-state index in [0.717, 1.165) is 17.1 Å². The van der Waals surface area contributed by atoms with Crippen molar-refractivity contribution in [2.45, 2.75) is 19.9 Å². The summed E-state index contributed by atoms with van der Waals surface area (Å²) in [7, 11) is 0. The first-order valence-electron chi connectivity index (χ1n) is 5.19. The van der Waals surface area contributed by atoms with Gasteiger partial charge in [0.25, 0.3) is 0 Å². The molecule has 2 aromatic rings. The average Bonchev–Trinajstić information content (AvgIpc) is 2.78. The third-order valence-corrected chi connectivity index (χ3v) is 3.59. The van der Waals surface area contributed by atoms with Gasteiger partial charge in [-0.2, -0.15) is 0 Å². The van der Waals surface area contributed by atoms with Crippen LogP contribution in [0.25, 0.3) is 0 Å². The number of aryl methyl sites for hydroxylation is 1. The van der Waals surface area contributed by atoms with E-state index in [1.54, 1.807) is 17.5 Å². The highest BCUT2D eigenvalue weighted by molar-refractivity contribution is 7.10. The molecule has 3 N–H and O–H groups in total. The molecule has 2 aromatic heterocycles. The van der Waals surface area contributed by atoms with Crippen LogP contribution in [0.2, 0.25) is 0 Å². The van der Waals surface area contributed by atoms with Gasteiger partial charge in [0.15, 0.2) is 0 Å². The van der Waals surface area contributed by atoms with Gasteiger partial charge in [0.05, 0.1) is 11.7 Å². The average molecular weight is 233 g/mol. The van der Waals surface area contributed by atoms with Crippen molar-refractivity contribution < 1.29 is 0 Å². The van der Waals surface area contributed by atoms with Crippen molar-refractivity contribution in [2.24, 2.45) is 0 Å². The van der Waals surface area contributed by atoms with Crippen molar-refractivity contribution in [1.82, 2.24) is 4.98 Å². The topological polar surface area (TPSA) is 50.9 Å². The zero-order chi connectivity index (χ0) is 11.5. The molecular weight excluding hydrogens is 218 g/mol. The van der Waals surface area contributed by atoms with Crippen LogP contribution in [-0.4, -0.2) is 4.98 Å². The van der Waals surface area contributed by atoms with Crippen LogP contribution in [0.1, 0.15) is 23.4 Å². The number of thiophene rings is 1. The van der Waals surface area contributed by atoms with Gasteiger partial charge in [-0.25, -0.2) is 4.98 Å². The number of anilines is 2. The molecule has 0 amide bonds. The molecular formula is C12H15N3S. The molecule has 2 rings (SSSR count). The Morgan fingerprint density at radius 3 is 2.94 bits per heavy atom. The molecule has 16 heavy (non-hydrogen) atoms. The Balaban J connectivity index is 2.18. The van der Waals surface area contributed by atoms with Gasteiger partial charge in [-0.05, 0) is 36.9 Å². The Hall–Kier alpha value is -1.55. The summed E-state index contributed by atoms with van der Waals surface area (Å²) in [5, 5.41) is 5.40. The SMILES string of the molecule is Cc1ccnc(NC(C)c2cccs2)c1N. The van der Waals surface area contributed by atoms with Crippen molar-refractivity contribution in [3.63, 3.8) is 0 Å². The van der Waals surface area contributed by atoms with Crippen LogP contribution < -0.4 is 11.1 Å². The fraction of sp³-hybridized carbons (Fsp3) is 0.250. The molecule has 0 radical (unpaired) electrons. The summed E-state index contributed by atoms with van der Waals surface area (Å²) in [6.07, 6.45) is 1.77. The highest BCUT2D eigenvalue weighted by atomic mass is 32.1. The first-order chi connectivity index (χ1) is 7.68. The summed E-state index contributed by atoms with van der Waals surface area (Å²) in [6.45, 7) is 4.09. The smallest absolute Gasteiger partial charge is 0.149 e. The molecule has 0 aliphatic carbocycles. The van der Waals surface area contributed by atoms with E-state index in [1.807, 2.05) is 19.1 Å². The van der Waals surface area contributed by atoms with Gasteiger partial charge >= 0.3 is 0 Å². The van der Waals surface area contributed by atoms with Crippen LogP contribution in [0, 0.1) is 6.92 Å². The lowest BCUT2D eigenvalue weighted by Gasteiger charge is -2.15. The van der Waals surface area contributed by atoms with Crippen molar-refractivity contribution in [3.05, 3.63) is 40.2 Å². The Labute approximate surface area is 99.3 Å². The number of hydrogen-bond donors (Lipinski definition) is 2. The maximum atomic E-state index is 5.96. The normalized spacial score (nSPS) is 12.4. The van der Waals surface area contributed by atoms with Crippen LogP contribution in [0.3, 0.4) is 0 Å². The monoisotopic (exact) mass is 233 g/mol. The second kappa shape index (κ2) is 4.53. The first-order valence-corrected chi connectivity index (χ1v) is 6.07. The van der Waals surface area contributed by atoms with Gasteiger partial charge in [0.2, 0.25) is 0 Å². The lowest BCUT2D eigenvalue weighted by Crippen LogP contribution is -2.09. The number of nitrogen functional groups attached to an aromatic ring is 1. The predicted molar refractivity (Wildman–Crippen MR) is 69.7 cm³/mol. The van der Waals surface area contributed by atoms with E-state index in [9.17, 15) is 0 Å². The largest absolute Gasteiger partial charge is 0.396 e. The predicted octanol–water partition coefficient (Wildman–Crippen LogP) is 3.21. The molecule has 0 bridgehead atoms. The molecule has 4 heteroatoms. The minimum Gasteiger partial charge on any atom is -0.396 e. The van der Waals surface area contributed by atoms with Gasteiger partial charge < -0.3 is 11.1 Å². The lowest BCUT2D eigenvalue weighted by atomic mass is 10.2. The van der Waals surface area contributed by atoms with Crippen LogP contribution in [-0.2, 0) is 0 Å². The molecule has 84 valence electrons. The van der Waals surface area contributed by atoms with Crippen LogP contribution in [0.15, 0.2) is 29.8 Å². The second-order valence-electron chi connectivity index (χ2n) is 3.77. The van der Waals surface area contributed by atoms with Crippen LogP contribution >= 0.6 is 11.3 Å². The maximum absolute atomic E-state index is 5.96. The van der Waals surface area contributed by atoms with Crippen LogP contribution in [0.5, 0.6) is 0 Å². The molecule has 2 heterocycles. The van der Waals surface area contributed by atoms with Gasteiger partial charge in [-0.3, -0.25) is 0 Å². The first kappa shape index (κ1) is 11.0. The molecule has 1 atom stereocenters. The molecule has 0 saturated heterocycles. The maximum Gasteiger partial charge on any atom is 0.149 e. The van der Waals surface area contributed by atoms with E-state index in [-0.39, 0.29) is 6.04 Å². The summed E-state index contributed by atoms with van der Waals surface area (Å²) >= 11 is 1.73. The van der Waals surface area contributed by atoms with E-state index in [0.29, 0.717) is 0 Å². The Morgan fingerprint density at radius 1 is 1.44 bits per heavy atom. The standard InChI is InChI=1S/C12H15N3S/c1-8-5-6-14-12(11(8)13)15-9(2)10-4-3-7-16-10/h3-7,9H,13H2,1-2H3,(H,14,15). The molecule has 1 unspecified atom stereocenters. The number of nitrogens with one attached hydrogen (secondary N) is 1. The summed E-state index contributed by atoms with van der Waals surface area (Å²) in [5.41, 5.74) is 7.74. The minimum absolute atomic E-state index is 0.233.